The van der Waals surface area contributed by atoms with Gasteiger partial charge in [0.1, 0.15) is 10.9 Å². The van der Waals surface area contributed by atoms with E-state index in [-0.39, 0.29) is 54.3 Å². The Morgan fingerprint density at radius 1 is 0.835 bits per heavy atom. The molecule has 4 amide bonds. The summed E-state index contributed by atoms with van der Waals surface area (Å²) in [6.45, 7) is 11.4. The lowest BCUT2D eigenvalue weighted by Gasteiger charge is -2.39. The van der Waals surface area contributed by atoms with Crippen LogP contribution in [0.1, 0.15) is 96.2 Å². The van der Waals surface area contributed by atoms with E-state index in [9.17, 15) is 49.2 Å². The number of piperidine rings is 1. The third kappa shape index (κ3) is 13.5. The molecule has 0 aromatic heterocycles. The second kappa shape index (κ2) is 24.5. The molecule has 23 heteroatoms. The number of benzene rings is 5. The van der Waals surface area contributed by atoms with E-state index in [4.69, 9.17) is 11.6 Å². The van der Waals surface area contributed by atoms with Gasteiger partial charge in [0.2, 0.25) is 11.8 Å². The van der Waals surface area contributed by atoms with E-state index in [1.165, 1.54) is 45.5 Å². The van der Waals surface area contributed by atoms with E-state index in [1.54, 1.807) is 18.2 Å². The number of fused-ring (bicyclic) bond motifs is 3. The topological polar surface area (TPSA) is 189 Å². The third-order valence-corrected chi connectivity index (χ3v) is 21.8. The van der Waals surface area contributed by atoms with Crippen molar-refractivity contribution in [3.05, 3.63) is 154 Å². The summed E-state index contributed by atoms with van der Waals surface area (Å²) in [6.07, 6.45) is 4.84. The first-order chi connectivity index (χ1) is 40.5. The first-order valence-electron chi connectivity index (χ1n) is 28.7. The molecule has 16 nitrogen and oxygen atoms in total. The molecule has 1 unspecified atom stereocenters. The number of carbonyl (C=O) groups excluding carboxylic acids is 4. The summed E-state index contributed by atoms with van der Waals surface area (Å²) in [4.78, 5) is 60.9. The number of hydrogen-bond donors (Lipinski definition) is 3. The van der Waals surface area contributed by atoms with E-state index in [1.807, 2.05) is 59.3 Å². The Morgan fingerprint density at radius 2 is 1.55 bits per heavy atom. The maximum atomic E-state index is 14.5. The van der Waals surface area contributed by atoms with Crippen LogP contribution >= 0.6 is 23.4 Å². The molecular weight excluding hydrogens is 1170 g/mol. The zero-order valence-electron chi connectivity index (χ0n) is 47.2. The van der Waals surface area contributed by atoms with Crippen LogP contribution in [-0.2, 0) is 42.5 Å². The molecule has 4 saturated heterocycles. The number of amides is 4. The number of imide groups is 1. The van der Waals surface area contributed by atoms with E-state index >= 15 is 0 Å². The van der Waals surface area contributed by atoms with Gasteiger partial charge in [-0.3, -0.25) is 39.2 Å². The molecule has 5 aliphatic heterocycles. The van der Waals surface area contributed by atoms with Crippen molar-refractivity contribution in [1.29, 1.82) is 0 Å². The van der Waals surface area contributed by atoms with Crippen LogP contribution in [-0.4, -0.2) is 148 Å². The molecule has 450 valence electrons. The van der Waals surface area contributed by atoms with Crippen molar-refractivity contribution in [2.24, 2.45) is 5.41 Å². The van der Waals surface area contributed by atoms with E-state index in [0.717, 1.165) is 105 Å². The predicted octanol–water partition coefficient (Wildman–Crippen LogP) is 9.22. The maximum Gasteiger partial charge on any atom is 0.501 e. The van der Waals surface area contributed by atoms with Gasteiger partial charge >= 0.3 is 5.51 Å². The molecule has 85 heavy (non-hydrogen) atoms. The van der Waals surface area contributed by atoms with Crippen LogP contribution in [0.4, 0.5) is 24.5 Å². The highest BCUT2D eigenvalue weighted by Gasteiger charge is 2.49. The van der Waals surface area contributed by atoms with Gasteiger partial charge in [-0.2, -0.15) is 13.2 Å². The molecule has 0 spiro atoms. The first-order valence-corrected chi connectivity index (χ1v) is 33.1. The van der Waals surface area contributed by atoms with Gasteiger partial charge in [0.15, 0.2) is 0 Å². The molecule has 1 aliphatic carbocycles. The van der Waals surface area contributed by atoms with Crippen molar-refractivity contribution in [3.8, 4) is 0 Å². The number of carbonyl (C=O) groups is 4. The zero-order chi connectivity index (χ0) is 60.0. The molecule has 11 rings (SSSR count). The lowest BCUT2D eigenvalue weighted by atomic mass is 9.73. The molecule has 6 aliphatic rings. The normalized spacial score (nSPS) is 21.8. The van der Waals surface area contributed by atoms with Gasteiger partial charge in [-0.15, -0.1) is 11.8 Å². The summed E-state index contributed by atoms with van der Waals surface area (Å²) in [7, 11) is -11.1. The third-order valence-electron chi connectivity index (χ3n) is 17.5. The minimum atomic E-state index is -6.14. The number of sulfone groups is 1. The van der Waals surface area contributed by atoms with E-state index < -0.39 is 64.7 Å². The number of allylic oxidation sites excluding steroid dienone is 1. The number of anilines is 2. The quantitative estimate of drug-likeness (QED) is 0.0524. The Bertz CT molecular complexity index is 3640. The molecule has 3 N–H and O–H groups in total. The van der Waals surface area contributed by atoms with Crippen molar-refractivity contribution in [2.45, 2.75) is 116 Å². The molecule has 0 saturated carbocycles. The number of nitrogens with one attached hydrogen (secondary N) is 3. The highest BCUT2D eigenvalue weighted by atomic mass is 35.5. The molecule has 4 atom stereocenters. The minimum absolute atomic E-state index is 0.0222. The molecule has 4 fully saturated rings. The molecule has 0 radical (unpaired) electrons. The SMILES string of the molecule is CC1(C)CCC(c2ccc(Cl)cc2)=C(CN2CCN(c3ccc(C(=O)NS(=O)(=O)c4ccc(N[C@H](CCN5C[C@@H]6C[C@H]5CN6Cc5ccc6c(c5)CN(C5CCC(=O)NC5=O)C6=O)CSc5ccccc5)c(S(=O)(=O)C(F)(F)F)c4)cc3)CC2)C1. The first kappa shape index (κ1) is 60.4. The van der Waals surface area contributed by atoms with E-state index in [0.29, 0.717) is 41.9 Å². The van der Waals surface area contributed by atoms with Gasteiger partial charge in [-0.1, -0.05) is 73.5 Å². The minimum Gasteiger partial charge on any atom is -0.380 e. The van der Waals surface area contributed by atoms with Crippen molar-refractivity contribution in [2.75, 3.05) is 68.3 Å². The van der Waals surface area contributed by atoms with E-state index in [2.05, 4.69) is 56.2 Å². The van der Waals surface area contributed by atoms with Crippen molar-refractivity contribution in [1.82, 2.24) is 29.6 Å². The van der Waals surface area contributed by atoms with Gasteiger partial charge in [0, 0.05) is 122 Å². The van der Waals surface area contributed by atoms with Crippen LogP contribution < -0.4 is 20.3 Å². The number of sulfonamides is 1. The van der Waals surface area contributed by atoms with Gasteiger partial charge in [-0.25, -0.2) is 21.6 Å². The standard InChI is InChI=1S/C62H68ClF3N8O8S3/c1-61(2)24-22-52(41-9-13-45(63)14-10-41)44(33-61)35-70-26-28-71(29-27-70)47-15-11-42(12-16-47)58(76)69-85(81,82)51-17-19-54(56(32-51)84(79,80)62(64,65)66)67-46(39-83-50-6-4-3-5-7-50)23-25-72-37-49-31-48(72)38-73(49)34-40-8-18-53-43(30-40)36-74(60(53)78)55-20-21-57(75)68-59(55)77/h3-19,30,32,46,48-49,55,67H,20-29,31,33-39H2,1-2H3,(H,69,76)(H,68,75,77)/t46-,48+,49+,55?/m1/s1. The van der Waals surface area contributed by atoms with Gasteiger partial charge in [0.25, 0.3) is 31.7 Å². The van der Waals surface area contributed by atoms with Crippen LogP contribution in [0.5, 0.6) is 0 Å². The summed E-state index contributed by atoms with van der Waals surface area (Å²) >= 11 is 7.65. The Morgan fingerprint density at radius 3 is 2.25 bits per heavy atom. The molecule has 5 heterocycles. The second-order valence-corrected chi connectivity index (χ2v) is 29.0. The summed E-state index contributed by atoms with van der Waals surface area (Å²) in [5.74, 6) is -1.77. The average Bonchev–Trinajstić information content (AvgIpc) is 2.61. The highest BCUT2D eigenvalue weighted by Crippen LogP contribution is 2.44. The van der Waals surface area contributed by atoms with Crippen LogP contribution in [0.15, 0.2) is 136 Å². The zero-order valence-corrected chi connectivity index (χ0v) is 50.5. The van der Waals surface area contributed by atoms with Crippen LogP contribution in [0.2, 0.25) is 5.02 Å². The predicted molar refractivity (Wildman–Crippen MR) is 321 cm³/mol. The number of piperazine rings is 2. The monoisotopic (exact) mass is 1240 g/mol. The summed E-state index contributed by atoms with van der Waals surface area (Å²) in [5.41, 5.74) is 1.20. The summed E-state index contributed by atoms with van der Waals surface area (Å²) in [6, 6.07) is 31.1. The van der Waals surface area contributed by atoms with Crippen LogP contribution in [0.25, 0.3) is 5.57 Å². The summed E-state index contributed by atoms with van der Waals surface area (Å²) < 4.78 is 100. The largest absolute Gasteiger partial charge is 0.501 e. The molecule has 5 aromatic carbocycles. The number of halogens is 4. The van der Waals surface area contributed by atoms with Crippen molar-refractivity contribution in [3.63, 3.8) is 0 Å². The second-order valence-electron chi connectivity index (χ2n) is 23.9. The lowest BCUT2D eigenvalue weighted by molar-refractivity contribution is -0.136. The fraction of sp³-hybridized carbons (Fsp3) is 0.419. The maximum absolute atomic E-state index is 14.5. The molecule has 5 aromatic rings. The fourth-order valence-corrected chi connectivity index (χ4v) is 16.1. The fourth-order valence-electron chi connectivity index (χ4n) is 12.9. The number of alkyl halides is 3. The molecular formula is C62H68ClF3N8O8S3. The Balaban J connectivity index is 0.726. The highest BCUT2D eigenvalue weighted by molar-refractivity contribution is 7.99. The van der Waals surface area contributed by atoms with Crippen molar-refractivity contribution < 1.29 is 49.2 Å². The lowest BCUT2D eigenvalue weighted by Crippen LogP contribution is -2.52. The van der Waals surface area contributed by atoms with Gasteiger partial charge < -0.3 is 15.1 Å². The summed E-state index contributed by atoms with van der Waals surface area (Å²) in [5, 5.41) is 6.11. The Kier molecular flexibility index (Phi) is 17.4. The van der Waals surface area contributed by atoms with Gasteiger partial charge in [0.05, 0.1) is 10.6 Å². The smallest absolute Gasteiger partial charge is 0.380 e. The Hall–Kier alpha value is -6.27. The van der Waals surface area contributed by atoms with Crippen molar-refractivity contribution >= 4 is 83.8 Å². The molecule has 2 bridgehead atoms. The number of likely N-dealkylation sites (tertiary alicyclic amines) is 2. The number of nitrogens with zero attached hydrogens (tertiary/aromatic N) is 5. The number of hydrogen-bond acceptors (Lipinski definition) is 14. The average molecular weight is 1240 g/mol. The van der Waals surface area contributed by atoms with Gasteiger partial charge in [-0.05, 0) is 139 Å². The number of rotatable bonds is 19. The van der Waals surface area contributed by atoms with Crippen LogP contribution in [0.3, 0.4) is 0 Å². The Labute approximate surface area is 503 Å². The van der Waals surface area contributed by atoms with Crippen LogP contribution in [0, 0.1) is 5.41 Å². The number of thioether (sulfide) groups is 1.